The third-order valence-corrected chi connectivity index (χ3v) is 5.15. The molecular weight excluding hydrogens is 318 g/mol. The van der Waals surface area contributed by atoms with Crippen molar-refractivity contribution in [1.82, 2.24) is 15.1 Å². The van der Waals surface area contributed by atoms with Gasteiger partial charge in [0.2, 0.25) is 5.91 Å². The van der Waals surface area contributed by atoms with E-state index >= 15 is 0 Å². The molecule has 1 aromatic carbocycles. The Morgan fingerprint density at radius 1 is 1.04 bits per heavy atom. The molecule has 1 atom stereocenters. The third-order valence-electron chi connectivity index (χ3n) is 5.15. The number of methoxy groups -OCH3 is 2. The second-order valence-electron chi connectivity index (χ2n) is 6.68. The molecule has 2 aliphatic rings. The average molecular weight is 347 g/mol. The van der Waals surface area contributed by atoms with Crippen LogP contribution in [0.4, 0.5) is 0 Å². The van der Waals surface area contributed by atoms with Gasteiger partial charge in [-0.3, -0.25) is 9.69 Å². The van der Waals surface area contributed by atoms with E-state index in [0.29, 0.717) is 0 Å². The number of nitrogens with one attached hydrogen (secondary N) is 1. The highest BCUT2D eigenvalue weighted by Gasteiger charge is 2.34. The van der Waals surface area contributed by atoms with E-state index < -0.39 is 0 Å². The van der Waals surface area contributed by atoms with Gasteiger partial charge in [-0.25, -0.2) is 0 Å². The number of hydrogen-bond acceptors (Lipinski definition) is 5. The van der Waals surface area contributed by atoms with Crippen LogP contribution in [0, 0.1) is 0 Å². The number of rotatable bonds is 5. The number of piperazine rings is 1. The fourth-order valence-corrected chi connectivity index (χ4v) is 3.77. The topological polar surface area (TPSA) is 54.0 Å². The van der Waals surface area contributed by atoms with Crippen LogP contribution < -0.4 is 14.8 Å². The first-order valence-electron chi connectivity index (χ1n) is 9.20. The van der Waals surface area contributed by atoms with Crippen LogP contribution in [0.25, 0.3) is 0 Å². The van der Waals surface area contributed by atoms with Gasteiger partial charge in [-0.15, -0.1) is 0 Å². The second-order valence-corrected chi connectivity index (χ2v) is 6.68. The van der Waals surface area contributed by atoms with E-state index in [-0.39, 0.29) is 11.9 Å². The molecule has 3 rings (SSSR count). The molecule has 0 saturated carbocycles. The summed E-state index contributed by atoms with van der Waals surface area (Å²) in [5.41, 5.74) is 0.902. The van der Waals surface area contributed by atoms with Crippen molar-refractivity contribution in [3.8, 4) is 11.5 Å². The molecular formula is C19H29N3O3. The van der Waals surface area contributed by atoms with Crippen molar-refractivity contribution in [2.45, 2.75) is 25.3 Å². The van der Waals surface area contributed by atoms with Crippen LogP contribution >= 0.6 is 0 Å². The Balaban J connectivity index is 1.96. The Morgan fingerprint density at radius 2 is 1.76 bits per heavy atom. The third kappa shape index (κ3) is 4.07. The number of hydrogen-bond donors (Lipinski definition) is 1. The Kier molecular flexibility index (Phi) is 6.15. The summed E-state index contributed by atoms with van der Waals surface area (Å²) in [5.74, 6) is 1.69. The fraction of sp³-hybridized carbons (Fsp3) is 0.632. The van der Waals surface area contributed by atoms with Gasteiger partial charge in [-0.05, 0) is 37.5 Å². The lowest BCUT2D eigenvalue weighted by molar-refractivity contribution is -0.138. The van der Waals surface area contributed by atoms with Gasteiger partial charge in [-0.1, -0.05) is 0 Å². The fourth-order valence-electron chi connectivity index (χ4n) is 3.77. The first kappa shape index (κ1) is 18.0. The lowest BCUT2D eigenvalue weighted by atomic mass is 9.99. The molecule has 2 fully saturated rings. The van der Waals surface area contributed by atoms with Gasteiger partial charge in [0.05, 0.1) is 14.2 Å². The second kappa shape index (κ2) is 8.54. The van der Waals surface area contributed by atoms with Crippen molar-refractivity contribution in [2.75, 3.05) is 53.5 Å². The zero-order valence-electron chi connectivity index (χ0n) is 15.3. The molecule has 0 aliphatic carbocycles. The maximum absolute atomic E-state index is 13.4. The van der Waals surface area contributed by atoms with Gasteiger partial charge in [0.1, 0.15) is 17.5 Å². The molecule has 2 saturated heterocycles. The van der Waals surface area contributed by atoms with Crippen LogP contribution in [0.3, 0.4) is 0 Å². The van der Waals surface area contributed by atoms with Gasteiger partial charge in [0.25, 0.3) is 0 Å². The van der Waals surface area contributed by atoms with Gasteiger partial charge in [0, 0.05) is 44.8 Å². The number of amides is 1. The number of likely N-dealkylation sites (tertiary alicyclic amines) is 1. The first-order chi connectivity index (χ1) is 12.2. The minimum atomic E-state index is -0.315. The normalized spacial score (nSPS) is 20.2. The number of piperidine rings is 1. The van der Waals surface area contributed by atoms with E-state index in [4.69, 9.17) is 9.47 Å². The van der Waals surface area contributed by atoms with E-state index in [0.717, 1.165) is 69.2 Å². The summed E-state index contributed by atoms with van der Waals surface area (Å²) in [4.78, 5) is 17.7. The maximum atomic E-state index is 13.4. The summed E-state index contributed by atoms with van der Waals surface area (Å²) < 4.78 is 11.0. The quantitative estimate of drug-likeness (QED) is 0.878. The van der Waals surface area contributed by atoms with Crippen molar-refractivity contribution in [3.63, 3.8) is 0 Å². The molecule has 25 heavy (non-hydrogen) atoms. The molecule has 2 heterocycles. The van der Waals surface area contributed by atoms with Crippen LogP contribution in [-0.4, -0.2) is 69.2 Å². The van der Waals surface area contributed by atoms with Gasteiger partial charge >= 0.3 is 0 Å². The molecule has 0 aromatic heterocycles. The summed E-state index contributed by atoms with van der Waals surface area (Å²) >= 11 is 0. The molecule has 0 spiro atoms. The van der Waals surface area contributed by atoms with Crippen LogP contribution in [-0.2, 0) is 4.79 Å². The minimum absolute atomic E-state index is 0.188. The van der Waals surface area contributed by atoms with Crippen molar-refractivity contribution in [1.29, 1.82) is 0 Å². The van der Waals surface area contributed by atoms with Crippen molar-refractivity contribution in [3.05, 3.63) is 23.8 Å². The molecule has 6 heteroatoms. The highest BCUT2D eigenvalue weighted by Crippen LogP contribution is 2.34. The minimum Gasteiger partial charge on any atom is -0.497 e. The lowest BCUT2D eigenvalue weighted by Gasteiger charge is -2.38. The average Bonchev–Trinajstić information content (AvgIpc) is 2.69. The largest absolute Gasteiger partial charge is 0.497 e. The van der Waals surface area contributed by atoms with E-state index in [1.807, 2.05) is 23.1 Å². The summed E-state index contributed by atoms with van der Waals surface area (Å²) in [7, 11) is 3.31. The summed E-state index contributed by atoms with van der Waals surface area (Å²) in [6, 6.07) is 5.41. The Hall–Kier alpha value is -1.79. The van der Waals surface area contributed by atoms with Crippen molar-refractivity contribution < 1.29 is 14.3 Å². The Morgan fingerprint density at radius 3 is 2.40 bits per heavy atom. The van der Waals surface area contributed by atoms with Crippen LogP contribution in [0.5, 0.6) is 11.5 Å². The van der Waals surface area contributed by atoms with E-state index in [2.05, 4.69) is 10.2 Å². The SMILES string of the molecule is COc1ccc(OC)c(C(C(=O)N2CCCCC2)N2CCNCC2)c1. The smallest absolute Gasteiger partial charge is 0.244 e. The standard InChI is InChI=1S/C19H29N3O3/c1-24-15-6-7-17(25-2)16(14-15)18(21-12-8-20-9-13-21)19(23)22-10-4-3-5-11-22/h6-7,14,18,20H,3-5,8-13H2,1-2H3. The monoisotopic (exact) mass is 347 g/mol. The maximum Gasteiger partial charge on any atom is 0.244 e. The van der Waals surface area contributed by atoms with Gasteiger partial charge < -0.3 is 19.7 Å². The van der Waals surface area contributed by atoms with E-state index in [1.54, 1.807) is 14.2 Å². The predicted octanol–water partition coefficient (Wildman–Crippen LogP) is 1.66. The van der Waals surface area contributed by atoms with E-state index in [9.17, 15) is 4.79 Å². The number of nitrogens with zero attached hydrogens (tertiary/aromatic N) is 2. The molecule has 138 valence electrons. The van der Waals surface area contributed by atoms with Gasteiger partial charge in [0.15, 0.2) is 0 Å². The molecule has 1 amide bonds. The molecule has 1 aromatic rings. The van der Waals surface area contributed by atoms with Crippen LogP contribution in [0.2, 0.25) is 0 Å². The lowest BCUT2D eigenvalue weighted by Crippen LogP contribution is -2.51. The van der Waals surface area contributed by atoms with Gasteiger partial charge in [-0.2, -0.15) is 0 Å². The van der Waals surface area contributed by atoms with Crippen LogP contribution in [0.1, 0.15) is 30.9 Å². The predicted molar refractivity (Wildman–Crippen MR) is 97.2 cm³/mol. The molecule has 1 N–H and O–H groups in total. The summed E-state index contributed by atoms with van der Waals surface area (Å²) in [5, 5.41) is 3.37. The van der Waals surface area contributed by atoms with Crippen molar-refractivity contribution in [2.24, 2.45) is 0 Å². The first-order valence-corrected chi connectivity index (χ1v) is 9.20. The van der Waals surface area contributed by atoms with E-state index in [1.165, 1.54) is 6.42 Å². The highest BCUT2D eigenvalue weighted by molar-refractivity contribution is 5.84. The highest BCUT2D eigenvalue weighted by atomic mass is 16.5. The number of ether oxygens (including phenoxy) is 2. The number of carbonyl (C=O) groups is 1. The zero-order chi connectivity index (χ0) is 17.6. The van der Waals surface area contributed by atoms with Crippen LogP contribution in [0.15, 0.2) is 18.2 Å². The molecule has 0 bridgehead atoms. The Labute approximate surface area is 150 Å². The molecule has 2 aliphatic heterocycles. The molecule has 1 unspecified atom stereocenters. The Bertz CT molecular complexity index is 581. The number of benzene rings is 1. The molecule has 0 radical (unpaired) electrons. The molecule has 6 nitrogen and oxygen atoms in total. The zero-order valence-corrected chi connectivity index (χ0v) is 15.3. The van der Waals surface area contributed by atoms with Crippen molar-refractivity contribution >= 4 is 5.91 Å². The summed E-state index contributed by atoms with van der Waals surface area (Å²) in [6.45, 7) is 5.21. The summed E-state index contributed by atoms with van der Waals surface area (Å²) in [6.07, 6.45) is 3.40. The number of carbonyl (C=O) groups excluding carboxylic acids is 1.